The highest BCUT2D eigenvalue weighted by Crippen LogP contribution is 2.25. The van der Waals surface area contributed by atoms with Gasteiger partial charge in [-0.15, -0.1) is 0 Å². The molecule has 0 aliphatic carbocycles. The first kappa shape index (κ1) is 18.5. The van der Waals surface area contributed by atoms with E-state index in [0.29, 0.717) is 16.8 Å². The molecule has 0 radical (unpaired) electrons. The predicted molar refractivity (Wildman–Crippen MR) is 101 cm³/mol. The Morgan fingerprint density at radius 3 is 2.88 bits per heavy atom. The second-order valence-corrected chi connectivity index (χ2v) is 6.90. The maximum atomic E-state index is 13.9. The lowest BCUT2D eigenvalue weighted by Gasteiger charge is -2.18. The molecule has 3 rings (SSSR count). The summed E-state index contributed by atoms with van der Waals surface area (Å²) in [6.07, 6.45) is 1.37. The summed E-state index contributed by atoms with van der Waals surface area (Å²) in [5.74, 6) is -0.474. The van der Waals surface area contributed by atoms with Crippen LogP contribution in [-0.2, 0) is 11.3 Å². The molecule has 2 aromatic carbocycles. The first-order valence-electron chi connectivity index (χ1n) is 7.65. The Kier molecular flexibility index (Phi) is 5.68. The van der Waals surface area contributed by atoms with Gasteiger partial charge in [-0.25, -0.2) is 14.4 Å². The van der Waals surface area contributed by atoms with E-state index in [4.69, 9.17) is 16.3 Å². The lowest BCUT2D eigenvalue weighted by molar-refractivity contribution is -0.132. The number of rotatable bonds is 5. The summed E-state index contributed by atoms with van der Waals surface area (Å²) < 4.78 is 20.3. The molecule has 0 N–H and O–H groups in total. The molecule has 0 atom stereocenters. The number of likely N-dealkylation sites (N-methyl/N-ethyl adjacent to an activating group) is 1. The SMILES string of the molecule is CN(Cc1c(F)cccc1Cl)C(=O)COc1ncnc2ccc(Br)cc12. The molecule has 0 bridgehead atoms. The summed E-state index contributed by atoms with van der Waals surface area (Å²) in [7, 11) is 1.56. The monoisotopic (exact) mass is 437 g/mol. The third kappa shape index (κ3) is 4.11. The molecule has 5 nitrogen and oxygen atoms in total. The van der Waals surface area contributed by atoms with E-state index >= 15 is 0 Å². The molecule has 0 fully saturated rings. The summed E-state index contributed by atoms with van der Waals surface area (Å²) in [6.45, 7) is -0.190. The van der Waals surface area contributed by atoms with Gasteiger partial charge in [0.15, 0.2) is 6.61 Å². The second-order valence-electron chi connectivity index (χ2n) is 5.58. The number of carbonyl (C=O) groups is 1. The molecule has 1 heterocycles. The van der Waals surface area contributed by atoms with Gasteiger partial charge in [0.25, 0.3) is 5.91 Å². The molecule has 0 saturated carbocycles. The van der Waals surface area contributed by atoms with E-state index in [0.717, 1.165) is 4.47 Å². The maximum Gasteiger partial charge on any atom is 0.260 e. The molecular formula is C18H14BrClFN3O2. The number of hydrogen-bond acceptors (Lipinski definition) is 4. The van der Waals surface area contributed by atoms with Crippen LogP contribution in [0.2, 0.25) is 5.02 Å². The maximum absolute atomic E-state index is 13.9. The van der Waals surface area contributed by atoms with Gasteiger partial charge in [-0.2, -0.15) is 0 Å². The van der Waals surface area contributed by atoms with Crippen LogP contribution in [0.3, 0.4) is 0 Å². The van der Waals surface area contributed by atoms with Crippen LogP contribution >= 0.6 is 27.5 Å². The van der Waals surface area contributed by atoms with E-state index < -0.39 is 5.82 Å². The summed E-state index contributed by atoms with van der Waals surface area (Å²) in [5, 5.41) is 0.965. The number of nitrogens with zero attached hydrogens (tertiary/aromatic N) is 3. The van der Waals surface area contributed by atoms with Gasteiger partial charge in [0, 0.05) is 28.7 Å². The summed E-state index contributed by atoms with van der Waals surface area (Å²) in [6, 6.07) is 9.90. The van der Waals surface area contributed by atoms with E-state index in [9.17, 15) is 9.18 Å². The number of amides is 1. The van der Waals surface area contributed by atoms with Crippen LogP contribution in [0.5, 0.6) is 5.88 Å². The van der Waals surface area contributed by atoms with Crippen molar-refractivity contribution in [1.82, 2.24) is 14.9 Å². The van der Waals surface area contributed by atoms with Gasteiger partial charge in [-0.05, 0) is 30.3 Å². The zero-order valence-corrected chi connectivity index (χ0v) is 16.1. The average Bonchev–Trinajstić information content (AvgIpc) is 2.62. The Balaban J connectivity index is 1.70. The van der Waals surface area contributed by atoms with E-state index in [1.54, 1.807) is 13.1 Å². The highest BCUT2D eigenvalue weighted by Gasteiger charge is 2.16. The standard InChI is InChI=1S/C18H14BrClFN3O2/c1-24(8-13-14(20)3-2-4-15(13)21)17(25)9-26-18-12-7-11(19)5-6-16(12)22-10-23-18/h2-7,10H,8-9H2,1H3. The lowest BCUT2D eigenvalue weighted by atomic mass is 10.2. The average molecular weight is 439 g/mol. The van der Waals surface area contributed by atoms with Crippen molar-refractivity contribution in [2.45, 2.75) is 6.54 Å². The zero-order valence-electron chi connectivity index (χ0n) is 13.7. The fourth-order valence-electron chi connectivity index (χ4n) is 2.37. The number of fused-ring (bicyclic) bond motifs is 1. The van der Waals surface area contributed by atoms with Gasteiger partial charge >= 0.3 is 0 Å². The van der Waals surface area contributed by atoms with Crippen molar-refractivity contribution in [3.8, 4) is 5.88 Å². The van der Waals surface area contributed by atoms with Gasteiger partial charge in [0.05, 0.1) is 10.9 Å². The van der Waals surface area contributed by atoms with E-state index in [2.05, 4.69) is 25.9 Å². The Bertz CT molecular complexity index is 950. The van der Waals surface area contributed by atoms with Crippen molar-refractivity contribution in [2.24, 2.45) is 0 Å². The number of ether oxygens (including phenoxy) is 1. The van der Waals surface area contributed by atoms with Crippen LogP contribution in [0, 0.1) is 5.82 Å². The molecule has 1 aromatic heterocycles. The number of hydrogen-bond donors (Lipinski definition) is 0. The molecule has 8 heteroatoms. The van der Waals surface area contributed by atoms with Crippen LogP contribution in [0.25, 0.3) is 10.9 Å². The minimum atomic E-state index is -0.454. The van der Waals surface area contributed by atoms with E-state index in [-0.39, 0.29) is 29.6 Å². The van der Waals surface area contributed by atoms with Crippen LogP contribution in [0.1, 0.15) is 5.56 Å². The summed E-state index contributed by atoms with van der Waals surface area (Å²) in [4.78, 5) is 21.9. The van der Waals surface area contributed by atoms with Gasteiger partial charge in [0.2, 0.25) is 5.88 Å². The van der Waals surface area contributed by atoms with Crippen molar-refractivity contribution in [2.75, 3.05) is 13.7 Å². The fourth-order valence-corrected chi connectivity index (χ4v) is 2.95. The topological polar surface area (TPSA) is 55.3 Å². The van der Waals surface area contributed by atoms with Crippen LogP contribution in [-0.4, -0.2) is 34.4 Å². The normalized spacial score (nSPS) is 10.8. The van der Waals surface area contributed by atoms with Crippen molar-refractivity contribution < 1.29 is 13.9 Å². The second kappa shape index (κ2) is 7.97. The smallest absolute Gasteiger partial charge is 0.260 e. The quantitative estimate of drug-likeness (QED) is 0.598. The van der Waals surface area contributed by atoms with Gasteiger partial charge in [0.1, 0.15) is 12.1 Å². The first-order valence-corrected chi connectivity index (χ1v) is 8.82. The predicted octanol–water partition coefficient (Wildman–Crippen LogP) is 4.22. The molecule has 0 aliphatic rings. The molecule has 0 saturated heterocycles. The van der Waals surface area contributed by atoms with Crippen molar-refractivity contribution >= 4 is 44.3 Å². The van der Waals surface area contributed by atoms with E-state index in [1.807, 2.05) is 18.2 Å². The van der Waals surface area contributed by atoms with Crippen molar-refractivity contribution in [3.63, 3.8) is 0 Å². The van der Waals surface area contributed by atoms with Crippen molar-refractivity contribution in [3.05, 3.63) is 63.6 Å². The third-order valence-electron chi connectivity index (χ3n) is 3.78. The Morgan fingerprint density at radius 1 is 1.31 bits per heavy atom. The molecule has 0 spiro atoms. The Morgan fingerprint density at radius 2 is 2.12 bits per heavy atom. The highest BCUT2D eigenvalue weighted by molar-refractivity contribution is 9.10. The largest absolute Gasteiger partial charge is 0.467 e. The number of halogens is 3. The number of aromatic nitrogens is 2. The van der Waals surface area contributed by atoms with Crippen molar-refractivity contribution in [1.29, 1.82) is 0 Å². The zero-order chi connectivity index (χ0) is 18.7. The molecule has 134 valence electrons. The molecule has 1 amide bonds. The third-order valence-corrected chi connectivity index (χ3v) is 4.62. The minimum absolute atomic E-state index is 0.0454. The first-order chi connectivity index (χ1) is 12.5. The van der Waals surface area contributed by atoms with Gasteiger partial charge < -0.3 is 9.64 Å². The van der Waals surface area contributed by atoms with Gasteiger partial charge in [-0.3, -0.25) is 4.79 Å². The fraction of sp³-hybridized carbons (Fsp3) is 0.167. The van der Waals surface area contributed by atoms with Gasteiger partial charge in [-0.1, -0.05) is 33.6 Å². The minimum Gasteiger partial charge on any atom is -0.467 e. The highest BCUT2D eigenvalue weighted by atomic mass is 79.9. The van der Waals surface area contributed by atoms with Crippen LogP contribution in [0.4, 0.5) is 4.39 Å². The lowest BCUT2D eigenvalue weighted by Crippen LogP contribution is -2.31. The molecular weight excluding hydrogens is 425 g/mol. The Labute approximate surface area is 162 Å². The molecule has 26 heavy (non-hydrogen) atoms. The van der Waals surface area contributed by atoms with E-state index in [1.165, 1.54) is 23.4 Å². The number of carbonyl (C=O) groups excluding carboxylic acids is 1. The number of benzene rings is 2. The molecule has 0 aliphatic heterocycles. The molecule has 3 aromatic rings. The summed E-state index contributed by atoms with van der Waals surface area (Å²) in [5.41, 5.74) is 0.971. The molecule has 0 unspecified atom stereocenters. The Hall–Kier alpha value is -2.25. The van der Waals surface area contributed by atoms with Crippen LogP contribution < -0.4 is 4.74 Å². The summed E-state index contributed by atoms with van der Waals surface area (Å²) >= 11 is 9.39. The van der Waals surface area contributed by atoms with Crippen LogP contribution in [0.15, 0.2) is 47.2 Å².